The van der Waals surface area contributed by atoms with Crippen molar-refractivity contribution in [1.82, 2.24) is 29.9 Å². The van der Waals surface area contributed by atoms with Crippen molar-refractivity contribution < 1.29 is 0 Å². The zero-order chi connectivity index (χ0) is 16.7. The molecule has 120 valence electrons. The number of aromatic amines is 1. The van der Waals surface area contributed by atoms with Crippen molar-refractivity contribution in [3.8, 4) is 22.6 Å². The molecule has 0 bridgehead atoms. The fourth-order valence-corrected chi connectivity index (χ4v) is 2.83. The Bertz CT molecular complexity index is 1030. The molecule has 4 rings (SSSR count). The fourth-order valence-electron chi connectivity index (χ4n) is 2.83. The van der Waals surface area contributed by atoms with E-state index in [-0.39, 0.29) is 0 Å². The number of fused-ring (bicyclic) bond motifs is 1. The Morgan fingerprint density at radius 3 is 2.71 bits per heavy atom. The molecule has 6 nitrogen and oxygen atoms in total. The molecule has 0 aliphatic carbocycles. The highest BCUT2D eigenvalue weighted by molar-refractivity contribution is 5.88. The largest absolute Gasteiger partial charge is 0.275 e. The summed E-state index contributed by atoms with van der Waals surface area (Å²) in [6.45, 7) is 4.15. The Balaban J connectivity index is 1.85. The molecule has 4 aromatic rings. The highest BCUT2D eigenvalue weighted by Crippen LogP contribution is 2.27. The second kappa shape index (κ2) is 5.56. The summed E-state index contributed by atoms with van der Waals surface area (Å²) in [5, 5.41) is 12.6. The van der Waals surface area contributed by atoms with E-state index in [4.69, 9.17) is 4.98 Å². The Morgan fingerprint density at radius 1 is 1.12 bits per heavy atom. The van der Waals surface area contributed by atoms with Crippen LogP contribution in [0.1, 0.15) is 18.3 Å². The van der Waals surface area contributed by atoms with Gasteiger partial charge in [-0.05, 0) is 24.6 Å². The first-order chi connectivity index (χ1) is 11.6. The number of aromatic nitrogens is 6. The summed E-state index contributed by atoms with van der Waals surface area (Å²) >= 11 is 0. The summed E-state index contributed by atoms with van der Waals surface area (Å²) < 4.78 is 1.78. The smallest absolute Gasteiger partial charge is 0.181 e. The second-order valence-corrected chi connectivity index (χ2v) is 5.92. The van der Waals surface area contributed by atoms with Crippen LogP contribution < -0.4 is 0 Å². The van der Waals surface area contributed by atoms with Crippen molar-refractivity contribution in [3.63, 3.8) is 0 Å². The van der Waals surface area contributed by atoms with Crippen molar-refractivity contribution in [2.45, 2.75) is 20.3 Å². The summed E-state index contributed by atoms with van der Waals surface area (Å²) in [5.41, 5.74) is 5.03. The summed E-state index contributed by atoms with van der Waals surface area (Å²) in [6.07, 6.45) is 4.64. The molecule has 0 saturated carbocycles. The van der Waals surface area contributed by atoms with Crippen molar-refractivity contribution in [1.29, 1.82) is 0 Å². The first-order valence-electron chi connectivity index (χ1n) is 7.96. The quantitative estimate of drug-likeness (QED) is 0.629. The van der Waals surface area contributed by atoms with E-state index in [0.29, 0.717) is 5.82 Å². The van der Waals surface area contributed by atoms with Crippen molar-refractivity contribution >= 4 is 10.9 Å². The fraction of sp³-hybridized carbons (Fsp3) is 0.222. The number of pyridine rings is 1. The second-order valence-electron chi connectivity index (χ2n) is 5.92. The standard InChI is InChI=1S/C18H18N6/c1-4-17-21-18(23-22-17)12-5-6-14-11(2)7-15(20-16(14)8-12)13-9-19-24(3)10-13/h5-10H,4H2,1-3H3,(H,21,22,23). The monoisotopic (exact) mass is 318 g/mol. The van der Waals surface area contributed by atoms with E-state index in [0.717, 1.165) is 40.0 Å². The van der Waals surface area contributed by atoms with Gasteiger partial charge in [-0.2, -0.15) is 10.2 Å². The predicted molar refractivity (Wildman–Crippen MR) is 93.4 cm³/mol. The topological polar surface area (TPSA) is 72.3 Å². The third kappa shape index (κ3) is 2.46. The highest BCUT2D eigenvalue weighted by Gasteiger charge is 2.10. The van der Waals surface area contributed by atoms with Crippen molar-refractivity contribution in [3.05, 3.63) is 48.0 Å². The first-order valence-corrected chi connectivity index (χ1v) is 7.96. The van der Waals surface area contributed by atoms with Crippen LogP contribution in [0.2, 0.25) is 0 Å². The van der Waals surface area contributed by atoms with Crippen LogP contribution in [0, 0.1) is 6.92 Å². The summed E-state index contributed by atoms with van der Waals surface area (Å²) in [5.74, 6) is 1.60. The molecule has 6 heteroatoms. The SMILES string of the molecule is CCc1nc(-c2ccc3c(C)cc(-c4cnn(C)c4)nc3c2)n[nH]1. The van der Waals surface area contributed by atoms with Crippen LogP contribution in [0.15, 0.2) is 36.7 Å². The molecule has 1 aromatic carbocycles. The lowest BCUT2D eigenvalue weighted by Crippen LogP contribution is -1.90. The average Bonchev–Trinajstić information content (AvgIpc) is 3.23. The van der Waals surface area contributed by atoms with Crippen molar-refractivity contribution in [2.24, 2.45) is 7.05 Å². The van der Waals surface area contributed by atoms with E-state index in [1.54, 1.807) is 4.68 Å². The lowest BCUT2D eigenvalue weighted by atomic mass is 10.0. The van der Waals surface area contributed by atoms with Gasteiger partial charge in [0.2, 0.25) is 0 Å². The van der Waals surface area contributed by atoms with Gasteiger partial charge in [-0.1, -0.05) is 19.1 Å². The van der Waals surface area contributed by atoms with Gasteiger partial charge < -0.3 is 0 Å². The van der Waals surface area contributed by atoms with E-state index in [2.05, 4.69) is 46.3 Å². The van der Waals surface area contributed by atoms with Crippen LogP contribution in [-0.4, -0.2) is 29.9 Å². The Labute approximate surface area is 139 Å². The van der Waals surface area contributed by atoms with Crippen LogP contribution in [0.4, 0.5) is 0 Å². The van der Waals surface area contributed by atoms with E-state index < -0.39 is 0 Å². The molecule has 0 fully saturated rings. The van der Waals surface area contributed by atoms with Gasteiger partial charge in [0.15, 0.2) is 5.82 Å². The number of rotatable bonds is 3. The molecule has 0 radical (unpaired) electrons. The van der Waals surface area contributed by atoms with Crippen LogP contribution in [0.5, 0.6) is 0 Å². The maximum Gasteiger partial charge on any atom is 0.181 e. The van der Waals surface area contributed by atoms with E-state index in [9.17, 15) is 0 Å². The molecule has 24 heavy (non-hydrogen) atoms. The zero-order valence-electron chi connectivity index (χ0n) is 13.9. The predicted octanol–water partition coefficient (Wildman–Crippen LogP) is 3.29. The Morgan fingerprint density at radius 2 is 2.00 bits per heavy atom. The zero-order valence-corrected chi connectivity index (χ0v) is 13.9. The molecular formula is C18H18N6. The minimum absolute atomic E-state index is 0.708. The normalized spacial score (nSPS) is 11.3. The Kier molecular flexibility index (Phi) is 3.37. The van der Waals surface area contributed by atoms with Crippen LogP contribution in [-0.2, 0) is 13.5 Å². The molecule has 3 aromatic heterocycles. The summed E-state index contributed by atoms with van der Waals surface area (Å²) in [6, 6.07) is 8.27. The van der Waals surface area contributed by atoms with Gasteiger partial charge in [-0.15, -0.1) is 0 Å². The van der Waals surface area contributed by atoms with Crippen LogP contribution >= 0.6 is 0 Å². The maximum absolute atomic E-state index is 4.81. The number of aryl methyl sites for hydroxylation is 3. The van der Waals surface area contributed by atoms with Gasteiger partial charge in [0.1, 0.15) is 5.82 Å². The molecule has 0 amide bonds. The highest BCUT2D eigenvalue weighted by atomic mass is 15.2. The van der Waals surface area contributed by atoms with E-state index >= 15 is 0 Å². The molecule has 0 unspecified atom stereocenters. The molecule has 0 aliphatic heterocycles. The van der Waals surface area contributed by atoms with Gasteiger partial charge in [-0.25, -0.2) is 9.97 Å². The number of benzene rings is 1. The molecule has 1 N–H and O–H groups in total. The third-order valence-corrected chi connectivity index (χ3v) is 4.14. The van der Waals surface area contributed by atoms with Gasteiger partial charge in [0.25, 0.3) is 0 Å². The van der Waals surface area contributed by atoms with Gasteiger partial charge in [0.05, 0.1) is 17.4 Å². The minimum atomic E-state index is 0.708. The molecule has 0 spiro atoms. The molecule has 3 heterocycles. The number of hydrogen-bond donors (Lipinski definition) is 1. The number of H-pyrrole nitrogens is 1. The lowest BCUT2D eigenvalue weighted by molar-refractivity contribution is 0.768. The van der Waals surface area contributed by atoms with Gasteiger partial charge in [0, 0.05) is 36.2 Å². The summed E-state index contributed by atoms with van der Waals surface area (Å²) in [7, 11) is 1.91. The first kappa shape index (κ1) is 14.6. The molecule has 0 aliphatic rings. The lowest BCUT2D eigenvalue weighted by Gasteiger charge is -2.06. The number of nitrogens with zero attached hydrogens (tertiary/aromatic N) is 5. The van der Waals surface area contributed by atoms with Gasteiger partial charge in [-0.3, -0.25) is 9.78 Å². The van der Waals surface area contributed by atoms with Crippen molar-refractivity contribution in [2.75, 3.05) is 0 Å². The number of nitrogens with one attached hydrogen (secondary N) is 1. The number of hydrogen-bond acceptors (Lipinski definition) is 4. The van der Waals surface area contributed by atoms with Crippen LogP contribution in [0.3, 0.4) is 0 Å². The molecular weight excluding hydrogens is 300 g/mol. The average molecular weight is 318 g/mol. The minimum Gasteiger partial charge on any atom is -0.275 e. The maximum atomic E-state index is 4.81. The molecule has 0 atom stereocenters. The van der Waals surface area contributed by atoms with E-state index in [1.165, 1.54) is 5.56 Å². The van der Waals surface area contributed by atoms with Gasteiger partial charge >= 0.3 is 0 Å². The summed E-state index contributed by atoms with van der Waals surface area (Å²) in [4.78, 5) is 9.32. The Hall–Kier alpha value is -3.02. The van der Waals surface area contributed by atoms with E-state index in [1.807, 2.05) is 31.6 Å². The third-order valence-electron chi connectivity index (χ3n) is 4.14. The van der Waals surface area contributed by atoms with Crippen LogP contribution in [0.25, 0.3) is 33.5 Å². The molecule has 0 saturated heterocycles.